The van der Waals surface area contributed by atoms with Crippen LogP contribution in [0.1, 0.15) is 59.3 Å². The average Bonchev–Trinajstić information content (AvgIpc) is 2.49. The molecule has 2 nitrogen and oxygen atoms in total. The highest BCUT2D eigenvalue weighted by atomic mass is 15.0. The van der Waals surface area contributed by atoms with Gasteiger partial charge in [-0.3, -0.25) is 0 Å². The molecule has 3 atom stereocenters. The minimum absolute atomic E-state index is 0.663. The van der Waals surface area contributed by atoms with Gasteiger partial charge in [-0.2, -0.15) is 0 Å². The van der Waals surface area contributed by atoms with Gasteiger partial charge in [0.15, 0.2) is 0 Å². The first-order valence-electron chi connectivity index (χ1n) is 7.19. The molecule has 96 valence electrons. The largest absolute Gasteiger partial charge is 0.313 e. The molecule has 0 aliphatic heterocycles. The molecule has 0 radical (unpaired) electrons. The molecule has 2 heteroatoms. The normalized spacial score (nSPS) is 28.7. The van der Waals surface area contributed by atoms with Gasteiger partial charge in [-0.15, -0.1) is 0 Å². The van der Waals surface area contributed by atoms with E-state index in [2.05, 4.69) is 31.4 Å². The molecule has 0 heterocycles. The molecule has 0 aromatic rings. The van der Waals surface area contributed by atoms with Crippen LogP contribution >= 0.6 is 0 Å². The Morgan fingerprint density at radius 1 is 1.12 bits per heavy atom. The summed E-state index contributed by atoms with van der Waals surface area (Å²) in [6, 6.07) is 1.44. The van der Waals surface area contributed by atoms with Crippen molar-refractivity contribution in [3.8, 4) is 0 Å². The highest BCUT2D eigenvalue weighted by Gasteiger charge is 2.15. The van der Waals surface area contributed by atoms with E-state index in [1.54, 1.807) is 0 Å². The van der Waals surface area contributed by atoms with E-state index in [1.165, 1.54) is 38.5 Å². The second-order valence-corrected chi connectivity index (χ2v) is 5.53. The lowest BCUT2D eigenvalue weighted by atomic mass is 10.0. The fourth-order valence-electron chi connectivity index (χ4n) is 2.43. The van der Waals surface area contributed by atoms with Crippen LogP contribution < -0.4 is 10.6 Å². The fourth-order valence-corrected chi connectivity index (χ4v) is 2.43. The van der Waals surface area contributed by atoms with Gasteiger partial charge in [-0.1, -0.05) is 26.7 Å². The molecule has 0 bridgehead atoms. The molecule has 0 saturated heterocycles. The Labute approximate surface area is 102 Å². The Morgan fingerprint density at radius 3 is 2.69 bits per heavy atom. The monoisotopic (exact) mass is 226 g/mol. The van der Waals surface area contributed by atoms with Crippen LogP contribution in [0, 0.1) is 5.92 Å². The van der Waals surface area contributed by atoms with Crippen LogP contribution in [-0.2, 0) is 0 Å². The van der Waals surface area contributed by atoms with Crippen molar-refractivity contribution in [2.24, 2.45) is 5.92 Å². The van der Waals surface area contributed by atoms with Crippen molar-refractivity contribution in [2.75, 3.05) is 13.1 Å². The Bertz CT molecular complexity index is 170. The highest BCUT2D eigenvalue weighted by molar-refractivity contribution is 4.73. The Morgan fingerprint density at radius 2 is 1.94 bits per heavy atom. The van der Waals surface area contributed by atoms with E-state index >= 15 is 0 Å². The summed E-state index contributed by atoms with van der Waals surface area (Å²) in [7, 11) is 0. The lowest BCUT2D eigenvalue weighted by Gasteiger charge is -2.18. The van der Waals surface area contributed by atoms with Crippen LogP contribution in [0.25, 0.3) is 0 Å². The van der Waals surface area contributed by atoms with Crippen molar-refractivity contribution >= 4 is 0 Å². The zero-order valence-corrected chi connectivity index (χ0v) is 11.4. The molecular formula is C14H30N2. The predicted molar refractivity (Wildman–Crippen MR) is 71.8 cm³/mol. The molecule has 0 aromatic carbocycles. The van der Waals surface area contributed by atoms with Gasteiger partial charge >= 0.3 is 0 Å². The maximum atomic E-state index is 3.70. The quantitative estimate of drug-likeness (QED) is 0.537. The van der Waals surface area contributed by atoms with E-state index in [-0.39, 0.29) is 0 Å². The van der Waals surface area contributed by atoms with Crippen LogP contribution in [0.2, 0.25) is 0 Å². The van der Waals surface area contributed by atoms with E-state index in [1.807, 2.05) is 0 Å². The van der Waals surface area contributed by atoms with Gasteiger partial charge in [0.05, 0.1) is 0 Å². The van der Waals surface area contributed by atoms with Crippen LogP contribution in [-0.4, -0.2) is 25.2 Å². The first-order chi connectivity index (χ1) is 7.72. The molecule has 1 saturated carbocycles. The third-order valence-electron chi connectivity index (χ3n) is 3.92. The third-order valence-corrected chi connectivity index (χ3v) is 3.92. The summed E-state index contributed by atoms with van der Waals surface area (Å²) < 4.78 is 0. The molecular weight excluding hydrogens is 196 g/mol. The molecule has 0 amide bonds. The molecule has 0 aromatic heterocycles. The molecule has 1 rings (SSSR count). The van der Waals surface area contributed by atoms with Gasteiger partial charge in [0, 0.05) is 25.2 Å². The fraction of sp³-hybridized carbons (Fsp3) is 1.00. The van der Waals surface area contributed by atoms with Crippen molar-refractivity contribution < 1.29 is 0 Å². The molecule has 3 unspecified atom stereocenters. The van der Waals surface area contributed by atoms with Crippen molar-refractivity contribution in [3.63, 3.8) is 0 Å². The minimum Gasteiger partial charge on any atom is -0.313 e. The van der Waals surface area contributed by atoms with Crippen LogP contribution in [0.15, 0.2) is 0 Å². The molecule has 1 fully saturated rings. The summed E-state index contributed by atoms with van der Waals surface area (Å²) in [6.45, 7) is 9.13. The van der Waals surface area contributed by atoms with Crippen LogP contribution in [0.4, 0.5) is 0 Å². The third kappa shape index (κ3) is 5.86. The van der Waals surface area contributed by atoms with Gasteiger partial charge in [-0.05, 0) is 38.5 Å². The zero-order chi connectivity index (χ0) is 11.8. The van der Waals surface area contributed by atoms with E-state index in [4.69, 9.17) is 0 Å². The summed E-state index contributed by atoms with van der Waals surface area (Å²) >= 11 is 0. The number of hydrogen-bond acceptors (Lipinski definition) is 2. The Kier molecular flexibility index (Phi) is 7.06. The maximum Gasteiger partial charge on any atom is 0.00794 e. The van der Waals surface area contributed by atoms with E-state index < -0.39 is 0 Å². The first kappa shape index (κ1) is 14.0. The van der Waals surface area contributed by atoms with Gasteiger partial charge < -0.3 is 10.6 Å². The second kappa shape index (κ2) is 8.08. The van der Waals surface area contributed by atoms with Crippen molar-refractivity contribution in [1.82, 2.24) is 10.6 Å². The van der Waals surface area contributed by atoms with Crippen molar-refractivity contribution in [1.29, 1.82) is 0 Å². The molecule has 1 aliphatic carbocycles. The maximum absolute atomic E-state index is 3.70. The molecule has 2 N–H and O–H groups in total. The van der Waals surface area contributed by atoms with Crippen molar-refractivity contribution in [2.45, 2.75) is 71.4 Å². The van der Waals surface area contributed by atoms with E-state index in [0.717, 1.165) is 25.0 Å². The minimum atomic E-state index is 0.663. The number of nitrogens with one attached hydrogen (secondary N) is 2. The average molecular weight is 226 g/mol. The number of hydrogen-bond donors (Lipinski definition) is 2. The summed E-state index contributed by atoms with van der Waals surface area (Å²) in [4.78, 5) is 0. The van der Waals surface area contributed by atoms with Gasteiger partial charge in [-0.25, -0.2) is 0 Å². The highest BCUT2D eigenvalue weighted by Crippen LogP contribution is 2.22. The van der Waals surface area contributed by atoms with Gasteiger partial charge in [0.1, 0.15) is 0 Å². The lowest BCUT2D eigenvalue weighted by molar-refractivity contribution is 0.433. The zero-order valence-electron chi connectivity index (χ0n) is 11.4. The lowest BCUT2D eigenvalue weighted by Crippen LogP contribution is -2.37. The molecule has 16 heavy (non-hydrogen) atoms. The Balaban J connectivity index is 2.03. The summed E-state index contributed by atoms with van der Waals surface area (Å²) in [5.74, 6) is 0.949. The summed E-state index contributed by atoms with van der Waals surface area (Å²) in [5, 5.41) is 7.23. The standard InChI is InChI=1S/C14H30N2/c1-4-13(3)15-10-11-16-14-7-5-6-12(2)8-9-14/h12-16H,4-11H2,1-3H3. The number of rotatable bonds is 6. The molecule has 0 spiro atoms. The summed E-state index contributed by atoms with van der Waals surface area (Å²) in [6.07, 6.45) is 8.25. The van der Waals surface area contributed by atoms with E-state index in [0.29, 0.717) is 6.04 Å². The smallest absolute Gasteiger partial charge is 0.00794 e. The van der Waals surface area contributed by atoms with Crippen LogP contribution in [0.5, 0.6) is 0 Å². The van der Waals surface area contributed by atoms with Crippen LogP contribution in [0.3, 0.4) is 0 Å². The van der Waals surface area contributed by atoms with E-state index in [9.17, 15) is 0 Å². The SMILES string of the molecule is CCC(C)NCCNC1CCCC(C)CC1. The van der Waals surface area contributed by atoms with Gasteiger partial charge in [0.2, 0.25) is 0 Å². The van der Waals surface area contributed by atoms with Gasteiger partial charge in [0.25, 0.3) is 0 Å². The predicted octanol–water partition coefficient (Wildman–Crippen LogP) is 2.93. The topological polar surface area (TPSA) is 24.1 Å². The first-order valence-corrected chi connectivity index (χ1v) is 7.19. The Hall–Kier alpha value is -0.0800. The summed E-state index contributed by atoms with van der Waals surface area (Å²) in [5.41, 5.74) is 0. The molecule has 1 aliphatic rings. The van der Waals surface area contributed by atoms with Crippen molar-refractivity contribution in [3.05, 3.63) is 0 Å². The second-order valence-electron chi connectivity index (χ2n) is 5.53.